The Balaban J connectivity index is 1.67. The molecule has 3 aromatic rings. The number of hydrogen-bond acceptors (Lipinski definition) is 4. The lowest BCUT2D eigenvalue weighted by atomic mass is 10.3. The number of rotatable bonds is 4. The van der Waals surface area contributed by atoms with Gasteiger partial charge in [0.15, 0.2) is 0 Å². The molecule has 0 saturated carbocycles. The zero-order valence-corrected chi connectivity index (χ0v) is 9.81. The monoisotopic (exact) mass is 242 g/mol. The lowest BCUT2D eigenvalue weighted by molar-refractivity contribution is 0.513. The molecule has 0 amide bonds. The Kier molecular flexibility index (Phi) is 2.64. The fourth-order valence-corrected chi connectivity index (χ4v) is 1.87. The first-order valence-corrected chi connectivity index (χ1v) is 5.83. The van der Waals surface area contributed by atoms with Gasteiger partial charge in [0.2, 0.25) is 5.95 Å². The summed E-state index contributed by atoms with van der Waals surface area (Å²) < 4.78 is 5.26. The predicted octanol–water partition coefficient (Wildman–Crippen LogP) is 2.39. The summed E-state index contributed by atoms with van der Waals surface area (Å²) in [4.78, 5) is 7.60. The van der Waals surface area contributed by atoms with Gasteiger partial charge in [-0.05, 0) is 30.3 Å². The first kappa shape index (κ1) is 10.7. The van der Waals surface area contributed by atoms with Crippen molar-refractivity contribution in [1.82, 2.24) is 9.97 Å². The molecule has 18 heavy (non-hydrogen) atoms. The summed E-state index contributed by atoms with van der Waals surface area (Å²) in [5.74, 6) is 1.71. The van der Waals surface area contributed by atoms with Gasteiger partial charge in [-0.25, -0.2) is 4.98 Å². The van der Waals surface area contributed by atoms with Gasteiger partial charge in [-0.2, -0.15) is 0 Å². The van der Waals surface area contributed by atoms with E-state index in [1.807, 2.05) is 30.3 Å². The number of H-pyrrole nitrogens is 1. The van der Waals surface area contributed by atoms with Crippen LogP contribution in [0.3, 0.4) is 0 Å². The van der Waals surface area contributed by atoms with Crippen molar-refractivity contribution in [2.75, 3.05) is 17.6 Å². The molecule has 92 valence electrons. The van der Waals surface area contributed by atoms with Crippen LogP contribution >= 0.6 is 0 Å². The molecule has 3 rings (SSSR count). The van der Waals surface area contributed by atoms with Crippen molar-refractivity contribution in [3.05, 3.63) is 42.4 Å². The lowest BCUT2D eigenvalue weighted by Gasteiger charge is -1.99. The number of nitrogen functional groups attached to an aromatic ring is 1. The first-order chi connectivity index (χ1) is 8.81. The minimum absolute atomic E-state index is 0.730. The molecule has 0 bridgehead atoms. The van der Waals surface area contributed by atoms with E-state index in [-0.39, 0.29) is 0 Å². The summed E-state index contributed by atoms with van der Waals surface area (Å²) >= 11 is 0. The number of nitrogens with zero attached hydrogens (tertiary/aromatic N) is 1. The number of hydrogen-bond donors (Lipinski definition) is 3. The summed E-state index contributed by atoms with van der Waals surface area (Å²) in [6.45, 7) is 0.767. The molecule has 5 heteroatoms. The van der Waals surface area contributed by atoms with Crippen molar-refractivity contribution >= 4 is 22.7 Å². The highest BCUT2D eigenvalue weighted by Gasteiger charge is 2.02. The molecule has 0 aliphatic rings. The van der Waals surface area contributed by atoms with E-state index >= 15 is 0 Å². The standard InChI is InChI=1S/C13H14N4O/c14-9-3-4-11-12(8-9)17-13(16-11)15-6-5-10-2-1-7-18-10/h1-4,7-8H,5-6,14H2,(H2,15,16,17). The molecule has 0 unspecified atom stereocenters. The quantitative estimate of drug-likeness (QED) is 0.614. The van der Waals surface area contributed by atoms with Crippen LogP contribution in [-0.2, 0) is 6.42 Å². The number of nitrogens with one attached hydrogen (secondary N) is 2. The minimum atomic E-state index is 0.730. The van der Waals surface area contributed by atoms with Gasteiger partial charge in [0.25, 0.3) is 0 Å². The molecule has 4 N–H and O–H groups in total. The molecule has 0 saturated heterocycles. The largest absolute Gasteiger partial charge is 0.469 e. The van der Waals surface area contributed by atoms with Crippen molar-refractivity contribution in [1.29, 1.82) is 0 Å². The second-order valence-corrected chi connectivity index (χ2v) is 4.12. The zero-order valence-electron chi connectivity index (χ0n) is 9.81. The molecule has 0 aliphatic carbocycles. The van der Waals surface area contributed by atoms with E-state index in [2.05, 4.69) is 15.3 Å². The van der Waals surface area contributed by atoms with Crippen molar-refractivity contribution in [2.45, 2.75) is 6.42 Å². The molecule has 0 aliphatic heterocycles. The van der Waals surface area contributed by atoms with Crippen LogP contribution in [0.5, 0.6) is 0 Å². The number of benzene rings is 1. The Morgan fingerprint density at radius 3 is 3.11 bits per heavy atom. The van der Waals surface area contributed by atoms with E-state index < -0.39 is 0 Å². The minimum Gasteiger partial charge on any atom is -0.469 e. The van der Waals surface area contributed by atoms with Crippen LogP contribution in [0.1, 0.15) is 5.76 Å². The normalized spacial score (nSPS) is 10.9. The molecule has 2 heterocycles. The zero-order chi connectivity index (χ0) is 12.4. The van der Waals surface area contributed by atoms with Gasteiger partial charge in [0, 0.05) is 18.7 Å². The van der Waals surface area contributed by atoms with E-state index in [0.29, 0.717) is 0 Å². The Bertz CT molecular complexity index is 642. The number of aromatic amines is 1. The average molecular weight is 242 g/mol. The molecule has 2 aromatic heterocycles. The van der Waals surface area contributed by atoms with Crippen molar-refractivity contribution in [3.8, 4) is 0 Å². The molecule has 0 spiro atoms. The van der Waals surface area contributed by atoms with Crippen LogP contribution in [0.15, 0.2) is 41.0 Å². The van der Waals surface area contributed by atoms with Gasteiger partial charge >= 0.3 is 0 Å². The third-order valence-corrected chi connectivity index (χ3v) is 2.75. The van der Waals surface area contributed by atoms with Gasteiger partial charge in [-0.1, -0.05) is 0 Å². The van der Waals surface area contributed by atoms with Crippen LogP contribution in [-0.4, -0.2) is 16.5 Å². The second kappa shape index (κ2) is 4.44. The number of nitrogens with two attached hydrogens (primary N) is 1. The van der Waals surface area contributed by atoms with Crippen molar-refractivity contribution in [3.63, 3.8) is 0 Å². The van der Waals surface area contributed by atoms with Gasteiger partial charge in [0.1, 0.15) is 5.76 Å². The lowest BCUT2D eigenvalue weighted by Crippen LogP contribution is -2.05. The molecule has 0 atom stereocenters. The topological polar surface area (TPSA) is 79.9 Å². The maximum atomic E-state index is 5.72. The van der Waals surface area contributed by atoms with E-state index in [1.165, 1.54) is 0 Å². The highest BCUT2D eigenvalue weighted by molar-refractivity contribution is 5.80. The summed E-state index contributed by atoms with van der Waals surface area (Å²) in [5, 5.41) is 3.22. The molecule has 5 nitrogen and oxygen atoms in total. The maximum Gasteiger partial charge on any atom is 0.201 e. The summed E-state index contributed by atoms with van der Waals surface area (Å²) in [6.07, 6.45) is 2.51. The highest BCUT2D eigenvalue weighted by atomic mass is 16.3. The number of furan rings is 1. The molecule has 1 aromatic carbocycles. The first-order valence-electron chi connectivity index (χ1n) is 5.83. The Morgan fingerprint density at radius 2 is 2.28 bits per heavy atom. The van der Waals surface area contributed by atoms with Crippen LogP contribution in [0.2, 0.25) is 0 Å². The highest BCUT2D eigenvalue weighted by Crippen LogP contribution is 2.17. The summed E-state index contributed by atoms with van der Waals surface area (Å²) in [7, 11) is 0. The van der Waals surface area contributed by atoms with Gasteiger partial charge in [-0.15, -0.1) is 0 Å². The Labute approximate surface area is 104 Å². The fraction of sp³-hybridized carbons (Fsp3) is 0.154. The van der Waals surface area contributed by atoms with Crippen molar-refractivity contribution in [2.24, 2.45) is 0 Å². The SMILES string of the molecule is Nc1ccc2nc(NCCc3ccco3)[nH]c2c1. The van der Waals surface area contributed by atoms with Crippen molar-refractivity contribution < 1.29 is 4.42 Å². The van der Waals surface area contributed by atoms with Crippen LogP contribution in [0, 0.1) is 0 Å². The van der Waals surface area contributed by atoms with Crippen LogP contribution < -0.4 is 11.1 Å². The van der Waals surface area contributed by atoms with E-state index in [0.717, 1.165) is 41.4 Å². The Morgan fingerprint density at radius 1 is 1.33 bits per heavy atom. The number of fused-ring (bicyclic) bond motifs is 1. The average Bonchev–Trinajstić information content (AvgIpc) is 2.97. The third kappa shape index (κ3) is 2.15. The van der Waals surface area contributed by atoms with Crippen LogP contribution in [0.4, 0.5) is 11.6 Å². The molecular weight excluding hydrogens is 228 g/mol. The molecule has 0 fully saturated rings. The molecule has 0 radical (unpaired) electrons. The van der Waals surface area contributed by atoms with Gasteiger partial charge < -0.3 is 20.5 Å². The second-order valence-electron chi connectivity index (χ2n) is 4.12. The van der Waals surface area contributed by atoms with E-state index in [9.17, 15) is 0 Å². The summed E-state index contributed by atoms with van der Waals surface area (Å²) in [6, 6.07) is 9.47. The van der Waals surface area contributed by atoms with E-state index in [1.54, 1.807) is 6.26 Å². The Hall–Kier alpha value is -2.43. The van der Waals surface area contributed by atoms with Crippen LogP contribution in [0.25, 0.3) is 11.0 Å². The number of imidazole rings is 1. The predicted molar refractivity (Wildman–Crippen MR) is 71.4 cm³/mol. The van der Waals surface area contributed by atoms with E-state index in [4.69, 9.17) is 10.2 Å². The summed E-state index contributed by atoms with van der Waals surface area (Å²) in [5.41, 5.74) is 8.29. The molecular formula is C13H14N4O. The maximum absolute atomic E-state index is 5.72. The fourth-order valence-electron chi connectivity index (χ4n) is 1.87. The smallest absolute Gasteiger partial charge is 0.201 e. The van der Waals surface area contributed by atoms with Gasteiger partial charge in [0.05, 0.1) is 17.3 Å². The number of anilines is 2. The third-order valence-electron chi connectivity index (χ3n) is 2.75. The number of aromatic nitrogens is 2. The van der Waals surface area contributed by atoms with Gasteiger partial charge in [-0.3, -0.25) is 0 Å².